The van der Waals surface area contributed by atoms with E-state index in [1.165, 1.54) is 6.26 Å². The monoisotopic (exact) mass is 400 g/mol. The number of piperidine rings is 1. The highest BCUT2D eigenvalue weighted by Crippen LogP contribution is 2.32. The Labute approximate surface area is 164 Å². The van der Waals surface area contributed by atoms with Crippen molar-refractivity contribution in [3.05, 3.63) is 30.5 Å². The average Bonchev–Trinajstić information content (AvgIpc) is 3.11. The molecule has 0 saturated carbocycles. The van der Waals surface area contributed by atoms with Gasteiger partial charge >= 0.3 is 0 Å². The molecule has 3 aromatic rings. The normalized spacial score (nSPS) is 17.2. The lowest BCUT2D eigenvalue weighted by molar-refractivity contribution is 0.258. The summed E-state index contributed by atoms with van der Waals surface area (Å²) >= 11 is 0. The van der Waals surface area contributed by atoms with Gasteiger partial charge in [-0.2, -0.15) is 5.10 Å². The molecular weight excluding hydrogens is 376 g/mol. The molecule has 1 saturated heterocycles. The van der Waals surface area contributed by atoms with Crippen molar-refractivity contribution in [2.45, 2.75) is 24.7 Å². The summed E-state index contributed by atoms with van der Waals surface area (Å²) in [5.74, 6) is 0.817. The van der Waals surface area contributed by atoms with Gasteiger partial charge in [0.2, 0.25) is 5.65 Å². The smallest absolute Gasteiger partial charge is 0.202 e. The summed E-state index contributed by atoms with van der Waals surface area (Å²) in [5, 5.41) is 7.28. The minimum Gasteiger partial charge on any atom is -0.355 e. The fourth-order valence-corrected chi connectivity index (χ4v) is 4.12. The van der Waals surface area contributed by atoms with Crippen LogP contribution in [-0.4, -0.2) is 54.5 Å². The quantitative estimate of drug-likeness (QED) is 0.687. The molecule has 148 valence electrons. The van der Waals surface area contributed by atoms with E-state index in [0.717, 1.165) is 43.0 Å². The molecule has 0 aliphatic carbocycles. The molecular formula is C19H24N6O2S. The van der Waals surface area contributed by atoms with Gasteiger partial charge in [0.25, 0.3) is 0 Å². The zero-order valence-corrected chi connectivity index (χ0v) is 16.8. The second-order valence-corrected chi connectivity index (χ2v) is 9.81. The molecule has 0 amide bonds. The lowest BCUT2D eigenvalue weighted by atomic mass is 9.80. The van der Waals surface area contributed by atoms with Crippen LogP contribution >= 0.6 is 0 Å². The van der Waals surface area contributed by atoms with Gasteiger partial charge in [-0.15, -0.1) is 0 Å². The lowest BCUT2D eigenvalue weighted by Gasteiger charge is -2.39. The Morgan fingerprint density at radius 3 is 2.50 bits per heavy atom. The minimum absolute atomic E-state index is 0.200. The Morgan fingerprint density at radius 1 is 1.21 bits per heavy atom. The van der Waals surface area contributed by atoms with Crippen molar-refractivity contribution < 1.29 is 8.42 Å². The van der Waals surface area contributed by atoms with Crippen LogP contribution in [0, 0.1) is 5.41 Å². The third kappa shape index (κ3) is 3.47. The van der Waals surface area contributed by atoms with Crippen LogP contribution < -0.4 is 10.6 Å². The lowest BCUT2D eigenvalue weighted by Crippen LogP contribution is -2.42. The van der Waals surface area contributed by atoms with Crippen molar-refractivity contribution in [1.82, 2.24) is 20.2 Å². The zero-order chi connectivity index (χ0) is 19.9. The average molecular weight is 401 g/mol. The van der Waals surface area contributed by atoms with Crippen molar-refractivity contribution >= 4 is 26.8 Å². The number of aromatic amines is 1. The van der Waals surface area contributed by atoms with Gasteiger partial charge in [0.15, 0.2) is 9.84 Å². The standard InChI is InChI=1S/C19H24N6O2S/c1-19(12-20)7-9-25(10-8-19)15-11-21-17-16(23-24-18(17)22-15)13-3-5-14(6-4-13)28(2,26)27/h3-6,11H,7-10,12,20H2,1-2H3,(H,22,23,24). The Hall–Kier alpha value is -2.52. The Morgan fingerprint density at radius 2 is 1.89 bits per heavy atom. The molecule has 2 aromatic heterocycles. The number of hydrogen-bond acceptors (Lipinski definition) is 7. The van der Waals surface area contributed by atoms with Crippen molar-refractivity contribution in [2.24, 2.45) is 11.1 Å². The van der Waals surface area contributed by atoms with Gasteiger partial charge in [0.1, 0.15) is 11.3 Å². The van der Waals surface area contributed by atoms with E-state index in [1.807, 2.05) is 0 Å². The van der Waals surface area contributed by atoms with Crippen LogP contribution in [0.3, 0.4) is 0 Å². The Kier molecular flexibility index (Phi) is 4.59. The summed E-state index contributed by atoms with van der Waals surface area (Å²) in [5.41, 5.74) is 8.85. The van der Waals surface area contributed by atoms with Crippen molar-refractivity contribution in [3.8, 4) is 11.3 Å². The topological polar surface area (TPSA) is 118 Å². The van der Waals surface area contributed by atoms with Gasteiger partial charge in [0, 0.05) is 24.9 Å². The summed E-state index contributed by atoms with van der Waals surface area (Å²) in [4.78, 5) is 11.8. The number of anilines is 1. The van der Waals surface area contributed by atoms with Crippen LogP contribution in [0.2, 0.25) is 0 Å². The maximum atomic E-state index is 11.6. The molecule has 0 spiro atoms. The first-order chi connectivity index (χ1) is 13.3. The molecule has 9 heteroatoms. The fraction of sp³-hybridized carbons (Fsp3) is 0.421. The number of nitrogens with one attached hydrogen (secondary N) is 1. The van der Waals surface area contributed by atoms with E-state index in [9.17, 15) is 8.42 Å². The van der Waals surface area contributed by atoms with Crippen molar-refractivity contribution in [2.75, 3.05) is 30.8 Å². The SMILES string of the molecule is CC1(CN)CCN(c2cnc3c(-c4ccc(S(C)(=O)=O)cc4)[nH]nc3n2)CC1. The van der Waals surface area contributed by atoms with E-state index < -0.39 is 9.84 Å². The predicted octanol–water partition coefficient (Wildman–Crippen LogP) is 1.99. The summed E-state index contributed by atoms with van der Waals surface area (Å²) in [7, 11) is -3.23. The number of aromatic nitrogens is 4. The summed E-state index contributed by atoms with van der Waals surface area (Å²) in [6.45, 7) is 4.73. The van der Waals surface area contributed by atoms with E-state index in [2.05, 4.69) is 32.0 Å². The van der Waals surface area contributed by atoms with E-state index >= 15 is 0 Å². The molecule has 0 atom stereocenters. The number of fused-ring (bicyclic) bond motifs is 1. The number of sulfone groups is 1. The van der Waals surface area contributed by atoms with Crippen LogP contribution in [0.1, 0.15) is 19.8 Å². The van der Waals surface area contributed by atoms with Gasteiger partial charge in [0.05, 0.1) is 16.8 Å². The van der Waals surface area contributed by atoms with Crippen LogP contribution in [0.4, 0.5) is 5.82 Å². The molecule has 1 aliphatic heterocycles. The third-order valence-electron chi connectivity index (χ3n) is 5.61. The molecule has 3 heterocycles. The highest BCUT2D eigenvalue weighted by molar-refractivity contribution is 7.90. The molecule has 28 heavy (non-hydrogen) atoms. The number of rotatable bonds is 4. The maximum absolute atomic E-state index is 11.6. The minimum atomic E-state index is -3.23. The molecule has 1 aliphatic rings. The first kappa shape index (κ1) is 18.8. The second kappa shape index (κ2) is 6.82. The van der Waals surface area contributed by atoms with Crippen molar-refractivity contribution in [1.29, 1.82) is 0 Å². The van der Waals surface area contributed by atoms with E-state index in [0.29, 0.717) is 17.7 Å². The van der Waals surface area contributed by atoms with Crippen LogP contribution in [0.25, 0.3) is 22.4 Å². The van der Waals surface area contributed by atoms with Crippen LogP contribution in [-0.2, 0) is 9.84 Å². The highest BCUT2D eigenvalue weighted by Gasteiger charge is 2.29. The largest absolute Gasteiger partial charge is 0.355 e. The molecule has 8 nitrogen and oxygen atoms in total. The molecule has 0 unspecified atom stereocenters. The number of H-pyrrole nitrogens is 1. The zero-order valence-electron chi connectivity index (χ0n) is 16.0. The van der Waals surface area contributed by atoms with Crippen LogP contribution in [0.5, 0.6) is 0 Å². The molecule has 4 rings (SSSR count). The van der Waals surface area contributed by atoms with Gasteiger partial charge in [-0.25, -0.2) is 18.4 Å². The van der Waals surface area contributed by atoms with E-state index in [4.69, 9.17) is 5.73 Å². The van der Waals surface area contributed by atoms with Gasteiger partial charge in [-0.3, -0.25) is 5.10 Å². The van der Waals surface area contributed by atoms with E-state index in [-0.39, 0.29) is 10.3 Å². The first-order valence-corrected chi connectivity index (χ1v) is 11.1. The van der Waals surface area contributed by atoms with E-state index in [1.54, 1.807) is 30.5 Å². The van der Waals surface area contributed by atoms with Gasteiger partial charge < -0.3 is 10.6 Å². The fourth-order valence-electron chi connectivity index (χ4n) is 3.49. The summed E-state index contributed by atoms with van der Waals surface area (Å²) < 4.78 is 23.3. The summed E-state index contributed by atoms with van der Waals surface area (Å²) in [6.07, 6.45) is 5.03. The third-order valence-corrected chi connectivity index (χ3v) is 6.74. The Balaban J connectivity index is 1.60. The van der Waals surface area contributed by atoms with Gasteiger partial charge in [-0.1, -0.05) is 19.1 Å². The number of nitrogens with zero attached hydrogens (tertiary/aromatic N) is 4. The molecule has 1 aromatic carbocycles. The first-order valence-electron chi connectivity index (χ1n) is 9.26. The number of hydrogen-bond donors (Lipinski definition) is 2. The molecule has 3 N–H and O–H groups in total. The highest BCUT2D eigenvalue weighted by atomic mass is 32.2. The predicted molar refractivity (Wildman–Crippen MR) is 109 cm³/mol. The Bertz CT molecular complexity index is 1100. The summed E-state index contributed by atoms with van der Waals surface area (Å²) in [6, 6.07) is 6.66. The molecule has 0 bridgehead atoms. The molecule has 0 radical (unpaired) electrons. The van der Waals surface area contributed by atoms with Gasteiger partial charge in [-0.05, 0) is 36.9 Å². The maximum Gasteiger partial charge on any atom is 0.202 e. The number of nitrogens with two attached hydrogens (primary N) is 1. The van der Waals surface area contributed by atoms with Crippen LogP contribution in [0.15, 0.2) is 35.4 Å². The second-order valence-electron chi connectivity index (χ2n) is 7.80. The molecule has 1 fully saturated rings. The number of benzene rings is 1. The van der Waals surface area contributed by atoms with Crippen molar-refractivity contribution in [3.63, 3.8) is 0 Å².